The molecule has 0 saturated heterocycles. The zero-order chi connectivity index (χ0) is 26.0. The standard InChI is InChI=1S/C34H32N2O2/c37-34(35-32(30-19-11-4-12-20-30)23-27-13-5-1-6-14-27)33-22-21-31(38-33)26-36(24-28-15-7-2-8-16-28)25-29-17-9-3-10-18-29/h1-22,32H,23-26H2,(H,35,37). The first-order valence-electron chi connectivity index (χ1n) is 13.0. The van der Waals surface area contributed by atoms with Crippen LogP contribution in [0.15, 0.2) is 138 Å². The second-order valence-electron chi connectivity index (χ2n) is 9.51. The molecule has 1 unspecified atom stereocenters. The van der Waals surface area contributed by atoms with Gasteiger partial charge in [-0.25, -0.2) is 0 Å². The van der Waals surface area contributed by atoms with E-state index in [-0.39, 0.29) is 11.9 Å². The molecule has 0 aliphatic rings. The predicted octanol–water partition coefficient (Wildman–Crippen LogP) is 7.20. The topological polar surface area (TPSA) is 45.5 Å². The summed E-state index contributed by atoms with van der Waals surface area (Å²) in [7, 11) is 0. The maximum Gasteiger partial charge on any atom is 0.287 e. The molecule has 0 bridgehead atoms. The van der Waals surface area contributed by atoms with Gasteiger partial charge in [-0.1, -0.05) is 121 Å². The van der Waals surface area contributed by atoms with Crippen molar-refractivity contribution in [2.75, 3.05) is 0 Å². The number of amides is 1. The highest BCUT2D eigenvalue weighted by molar-refractivity contribution is 5.91. The van der Waals surface area contributed by atoms with Gasteiger partial charge in [0.05, 0.1) is 12.6 Å². The molecule has 0 spiro atoms. The summed E-state index contributed by atoms with van der Waals surface area (Å²) < 4.78 is 6.08. The summed E-state index contributed by atoms with van der Waals surface area (Å²) >= 11 is 0. The van der Waals surface area contributed by atoms with Crippen LogP contribution in [0.25, 0.3) is 0 Å². The Labute approximate surface area is 224 Å². The minimum Gasteiger partial charge on any atom is -0.455 e. The second kappa shape index (κ2) is 12.7. The molecule has 0 aliphatic carbocycles. The van der Waals surface area contributed by atoms with Crippen molar-refractivity contribution in [3.63, 3.8) is 0 Å². The van der Waals surface area contributed by atoms with Gasteiger partial charge in [-0.3, -0.25) is 9.69 Å². The Bertz CT molecular complexity index is 1360. The van der Waals surface area contributed by atoms with Gasteiger partial charge < -0.3 is 9.73 Å². The number of carbonyl (C=O) groups is 1. The lowest BCUT2D eigenvalue weighted by atomic mass is 9.99. The average molecular weight is 501 g/mol. The summed E-state index contributed by atoms with van der Waals surface area (Å²) in [5.74, 6) is 0.883. The van der Waals surface area contributed by atoms with Gasteiger partial charge in [0.25, 0.3) is 5.91 Å². The van der Waals surface area contributed by atoms with Gasteiger partial charge in [0.2, 0.25) is 0 Å². The lowest BCUT2D eigenvalue weighted by Gasteiger charge is -2.21. The zero-order valence-electron chi connectivity index (χ0n) is 21.4. The van der Waals surface area contributed by atoms with E-state index in [0.29, 0.717) is 18.7 Å². The van der Waals surface area contributed by atoms with Gasteiger partial charge in [0.15, 0.2) is 5.76 Å². The molecule has 5 rings (SSSR count). The molecule has 38 heavy (non-hydrogen) atoms. The maximum absolute atomic E-state index is 13.3. The number of nitrogens with zero attached hydrogens (tertiary/aromatic N) is 1. The van der Waals surface area contributed by atoms with Gasteiger partial charge in [0.1, 0.15) is 5.76 Å². The van der Waals surface area contributed by atoms with Crippen LogP contribution in [0.3, 0.4) is 0 Å². The van der Waals surface area contributed by atoms with Crippen molar-refractivity contribution in [1.82, 2.24) is 10.2 Å². The van der Waals surface area contributed by atoms with E-state index in [2.05, 4.69) is 70.9 Å². The fraction of sp³-hybridized carbons (Fsp3) is 0.147. The molecule has 1 atom stereocenters. The van der Waals surface area contributed by atoms with Crippen molar-refractivity contribution in [3.05, 3.63) is 167 Å². The Hall–Kier alpha value is -4.41. The molecular weight excluding hydrogens is 468 g/mol. The van der Waals surface area contributed by atoms with Crippen LogP contribution in [0.4, 0.5) is 0 Å². The van der Waals surface area contributed by atoms with E-state index in [1.165, 1.54) is 16.7 Å². The fourth-order valence-electron chi connectivity index (χ4n) is 4.67. The maximum atomic E-state index is 13.3. The number of hydrogen-bond acceptors (Lipinski definition) is 3. The van der Waals surface area contributed by atoms with Gasteiger partial charge in [0, 0.05) is 13.1 Å². The van der Waals surface area contributed by atoms with E-state index in [9.17, 15) is 4.79 Å². The fourth-order valence-corrected chi connectivity index (χ4v) is 4.67. The zero-order valence-corrected chi connectivity index (χ0v) is 21.4. The summed E-state index contributed by atoms with van der Waals surface area (Å²) in [6.07, 6.45) is 0.700. The van der Waals surface area contributed by atoms with E-state index in [0.717, 1.165) is 24.4 Å². The average Bonchev–Trinajstić information content (AvgIpc) is 3.43. The third-order valence-electron chi connectivity index (χ3n) is 6.55. The molecule has 1 amide bonds. The molecule has 0 saturated carbocycles. The third-order valence-corrected chi connectivity index (χ3v) is 6.55. The highest BCUT2D eigenvalue weighted by Crippen LogP contribution is 2.21. The second-order valence-corrected chi connectivity index (χ2v) is 9.51. The Kier molecular flexibility index (Phi) is 8.44. The summed E-state index contributed by atoms with van der Waals surface area (Å²) in [6, 6.07) is 44.7. The minimum atomic E-state index is -0.210. The van der Waals surface area contributed by atoms with Crippen molar-refractivity contribution in [2.45, 2.75) is 32.1 Å². The highest BCUT2D eigenvalue weighted by atomic mass is 16.4. The van der Waals surface area contributed by atoms with Crippen LogP contribution < -0.4 is 5.32 Å². The molecule has 1 heterocycles. The Balaban J connectivity index is 1.30. The van der Waals surface area contributed by atoms with Crippen LogP contribution in [0.1, 0.15) is 44.6 Å². The largest absolute Gasteiger partial charge is 0.455 e. The van der Waals surface area contributed by atoms with Crippen molar-refractivity contribution in [2.24, 2.45) is 0 Å². The van der Waals surface area contributed by atoms with E-state index < -0.39 is 0 Å². The van der Waals surface area contributed by atoms with E-state index in [1.807, 2.05) is 66.7 Å². The summed E-state index contributed by atoms with van der Waals surface area (Å²) in [5.41, 5.74) is 4.70. The van der Waals surface area contributed by atoms with Gasteiger partial charge in [-0.05, 0) is 40.8 Å². The minimum absolute atomic E-state index is 0.160. The summed E-state index contributed by atoms with van der Waals surface area (Å²) in [4.78, 5) is 15.6. The SMILES string of the molecule is O=C(NC(Cc1ccccc1)c1ccccc1)c1ccc(CN(Cc2ccccc2)Cc2ccccc2)o1. The first-order valence-corrected chi connectivity index (χ1v) is 13.0. The van der Waals surface area contributed by atoms with Crippen LogP contribution >= 0.6 is 0 Å². The predicted molar refractivity (Wildman–Crippen MR) is 151 cm³/mol. The lowest BCUT2D eigenvalue weighted by Crippen LogP contribution is -2.29. The first-order chi connectivity index (χ1) is 18.7. The number of carbonyl (C=O) groups excluding carboxylic acids is 1. The number of hydrogen-bond donors (Lipinski definition) is 1. The summed E-state index contributed by atoms with van der Waals surface area (Å²) in [6.45, 7) is 2.17. The molecule has 4 nitrogen and oxygen atoms in total. The Morgan fingerprint density at radius 2 is 1.11 bits per heavy atom. The van der Waals surface area contributed by atoms with E-state index >= 15 is 0 Å². The number of furan rings is 1. The Morgan fingerprint density at radius 1 is 0.605 bits per heavy atom. The van der Waals surface area contributed by atoms with E-state index in [1.54, 1.807) is 6.07 Å². The van der Waals surface area contributed by atoms with E-state index in [4.69, 9.17) is 4.42 Å². The van der Waals surface area contributed by atoms with Crippen LogP contribution in [-0.4, -0.2) is 10.8 Å². The van der Waals surface area contributed by atoms with Crippen molar-refractivity contribution < 1.29 is 9.21 Å². The molecule has 5 aromatic rings. The quantitative estimate of drug-likeness (QED) is 0.209. The first kappa shape index (κ1) is 25.2. The molecule has 0 aliphatic heterocycles. The van der Waals surface area contributed by atoms with Crippen LogP contribution in [-0.2, 0) is 26.1 Å². The molecular formula is C34H32N2O2. The van der Waals surface area contributed by atoms with Gasteiger partial charge >= 0.3 is 0 Å². The number of nitrogens with one attached hydrogen (secondary N) is 1. The normalized spacial score (nSPS) is 11.8. The van der Waals surface area contributed by atoms with Gasteiger partial charge in [-0.2, -0.15) is 0 Å². The lowest BCUT2D eigenvalue weighted by molar-refractivity contribution is 0.0904. The Morgan fingerprint density at radius 3 is 1.66 bits per heavy atom. The molecule has 1 aromatic heterocycles. The monoisotopic (exact) mass is 500 g/mol. The molecule has 190 valence electrons. The molecule has 4 aromatic carbocycles. The smallest absolute Gasteiger partial charge is 0.287 e. The van der Waals surface area contributed by atoms with Crippen molar-refractivity contribution in [3.8, 4) is 0 Å². The van der Waals surface area contributed by atoms with Crippen LogP contribution in [0.5, 0.6) is 0 Å². The number of rotatable bonds is 11. The van der Waals surface area contributed by atoms with Crippen molar-refractivity contribution in [1.29, 1.82) is 0 Å². The van der Waals surface area contributed by atoms with Crippen LogP contribution in [0.2, 0.25) is 0 Å². The number of benzene rings is 4. The highest BCUT2D eigenvalue weighted by Gasteiger charge is 2.20. The van der Waals surface area contributed by atoms with Crippen molar-refractivity contribution >= 4 is 5.91 Å². The molecule has 4 heteroatoms. The van der Waals surface area contributed by atoms with Gasteiger partial charge in [-0.15, -0.1) is 0 Å². The van der Waals surface area contributed by atoms with Crippen LogP contribution in [0, 0.1) is 0 Å². The molecule has 0 fully saturated rings. The third kappa shape index (κ3) is 7.09. The summed E-state index contributed by atoms with van der Waals surface area (Å²) in [5, 5.41) is 3.20. The molecule has 1 N–H and O–H groups in total. The molecule has 0 radical (unpaired) electrons.